The zero-order valence-electron chi connectivity index (χ0n) is 15.8. The highest BCUT2D eigenvalue weighted by Gasteiger charge is 2.28. The number of anilines is 2. The van der Waals surface area contributed by atoms with Crippen LogP contribution < -0.4 is 10.2 Å². The van der Waals surface area contributed by atoms with Gasteiger partial charge in [-0.2, -0.15) is 0 Å². The van der Waals surface area contributed by atoms with Gasteiger partial charge in [-0.15, -0.1) is 0 Å². The van der Waals surface area contributed by atoms with Gasteiger partial charge >= 0.3 is 5.97 Å². The number of nitrogens with zero attached hydrogens (tertiary/aromatic N) is 1. The quantitative estimate of drug-likeness (QED) is 0.820. The number of para-hydroxylation sites is 2. The van der Waals surface area contributed by atoms with E-state index in [2.05, 4.69) is 5.32 Å². The molecule has 5 nitrogen and oxygen atoms in total. The van der Waals surface area contributed by atoms with Crippen molar-refractivity contribution in [2.45, 2.75) is 39.2 Å². The molecule has 0 aliphatic carbocycles. The minimum absolute atomic E-state index is 0.0238. The van der Waals surface area contributed by atoms with Gasteiger partial charge in [-0.1, -0.05) is 56.7 Å². The molecule has 0 bridgehead atoms. The lowest BCUT2D eigenvalue weighted by Gasteiger charge is -2.27. The van der Waals surface area contributed by atoms with E-state index < -0.39 is 12.0 Å². The van der Waals surface area contributed by atoms with Crippen molar-refractivity contribution in [3.63, 3.8) is 0 Å². The summed E-state index contributed by atoms with van der Waals surface area (Å²) in [5, 5.41) is 12.4. The summed E-state index contributed by atoms with van der Waals surface area (Å²) >= 11 is 0. The number of hydrogen-bond donors (Lipinski definition) is 2. The summed E-state index contributed by atoms with van der Waals surface area (Å²) in [6, 6.07) is 15.1. The maximum absolute atomic E-state index is 13.2. The summed E-state index contributed by atoms with van der Waals surface area (Å²) in [6.07, 6.45) is 2.47. The number of aryl methyl sites for hydroxylation is 2. The first-order valence-corrected chi connectivity index (χ1v) is 9.47. The first kappa shape index (κ1) is 19.1. The summed E-state index contributed by atoms with van der Waals surface area (Å²) < 4.78 is 0. The predicted octanol–water partition coefficient (Wildman–Crippen LogP) is 3.54. The highest BCUT2D eigenvalue weighted by molar-refractivity contribution is 6.03. The summed E-state index contributed by atoms with van der Waals surface area (Å²) in [5.74, 6) is -1.13. The number of hydrogen-bond acceptors (Lipinski definition) is 3. The first-order chi connectivity index (χ1) is 13.0. The first-order valence-electron chi connectivity index (χ1n) is 9.47. The van der Waals surface area contributed by atoms with Crippen LogP contribution in [0.15, 0.2) is 48.5 Å². The number of nitrogens with one attached hydrogen (secondary N) is 1. The van der Waals surface area contributed by atoms with Crippen molar-refractivity contribution in [3.8, 4) is 0 Å². The van der Waals surface area contributed by atoms with Crippen LogP contribution in [0.4, 0.5) is 11.4 Å². The van der Waals surface area contributed by atoms with E-state index >= 15 is 0 Å². The number of carboxylic acid groups (broad SMARTS) is 1. The molecular weight excluding hydrogens is 340 g/mol. The van der Waals surface area contributed by atoms with E-state index in [-0.39, 0.29) is 18.4 Å². The van der Waals surface area contributed by atoms with E-state index in [9.17, 15) is 14.7 Å². The normalized spacial score (nSPS) is 15.3. The minimum atomic E-state index is -0.922. The van der Waals surface area contributed by atoms with Crippen molar-refractivity contribution < 1.29 is 14.7 Å². The molecule has 0 saturated carbocycles. The molecule has 2 atom stereocenters. The molecule has 1 amide bonds. The Labute approximate surface area is 160 Å². The Morgan fingerprint density at radius 3 is 2.04 bits per heavy atom. The van der Waals surface area contributed by atoms with Crippen molar-refractivity contribution >= 4 is 23.3 Å². The standard InChI is InChI=1S/C22H26N2O3/c1-3-15(2)21(22(26)27)23-14-20(25)24-18-10-6-4-8-16(18)12-13-17-9-5-7-11-19(17)24/h4-11,15,21,23H,3,12-14H2,1-2H3,(H,26,27)/t15-,21-/m0/s1. The average Bonchev–Trinajstić information content (AvgIpc) is 2.84. The number of amides is 1. The van der Waals surface area contributed by atoms with Gasteiger partial charge in [0.25, 0.3) is 0 Å². The second-order valence-electron chi connectivity index (χ2n) is 7.07. The van der Waals surface area contributed by atoms with E-state index in [0.717, 1.165) is 41.8 Å². The Hall–Kier alpha value is -2.66. The van der Waals surface area contributed by atoms with Crippen LogP contribution in [0.25, 0.3) is 0 Å². The summed E-state index contributed by atoms with van der Waals surface area (Å²) in [4.78, 5) is 26.5. The highest BCUT2D eigenvalue weighted by atomic mass is 16.4. The Bertz CT molecular complexity index is 786. The summed E-state index contributed by atoms with van der Waals surface area (Å²) in [7, 11) is 0. The number of fused-ring (bicyclic) bond motifs is 2. The predicted molar refractivity (Wildman–Crippen MR) is 106 cm³/mol. The smallest absolute Gasteiger partial charge is 0.320 e. The molecule has 0 saturated heterocycles. The SMILES string of the molecule is CC[C@H](C)[C@H](NCC(=O)N1c2ccccc2CCc2ccccc21)C(=O)O. The van der Waals surface area contributed by atoms with Gasteiger partial charge in [0, 0.05) is 0 Å². The van der Waals surface area contributed by atoms with Gasteiger partial charge in [-0.05, 0) is 42.0 Å². The number of benzene rings is 2. The van der Waals surface area contributed by atoms with E-state index in [1.807, 2.05) is 62.4 Å². The molecule has 1 aliphatic rings. The van der Waals surface area contributed by atoms with Crippen LogP contribution >= 0.6 is 0 Å². The largest absolute Gasteiger partial charge is 0.480 e. The Kier molecular flexibility index (Phi) is 5.91. The van der Waals surface area contributed by atoms with Crippen LogP contribution in [-0.2, 0) is 22.4 Å². The molecular formula is C22H26N2O3. The zero-order chi connectivity index (χ0) is 19.4. The van der Waals surface area contributed by atoms with Crippen molar-refractivity contribution in [1.82, 2.24) is 5.32 Å². The third-order valence-corrected chi connectivity index (χ3v) is 5.33. The van der Waals surface area contributed by atoms with Crippen LogP contribution in [0.2, 0.25) is 0 Å². The third-order valence-electron chi connectivity index (χ3n) is 5.33. The van der Waals surface area contributed by atoms with Gasteiger partial charge in [0.15, 0.2) is 0 Å². The molecule has 2 aromatic rings. The molecule has 1 heterocycles. The molecule has 0 radical (unpaired) electrons. The van der Waals surface area contributed by atoms with Crippen molar-refractivity contribution in [2.75, 3.05) is 11.4 Å². The van der Waals surface area contributed by atoms with Gasteiger partial charge in [0.1, 0.15) is 6.04 Å². The number of aliphatic carboxylic acids is 1. The Morgan fingerprint density at radius 1 is 1.04 bits per heavy atom. The molecule has 3 rings (SSSR count). The topological polar surface area (TPSA) is 69.6 Å². The number of rotatable bonds is 6. The fourth-order valence-electron chi connectivity index (χ4n) is 3.59. The third kappa shape index (κ3) is 4.03. The second-order valence-corrected chi connectivity index (χ2v) is 7.07. The van der Waals surface area contributed by atoms with E-state index in [0.29, 0.717) is 0 Å². The lowest BCUT2D eigenvalue weighted by Crippen LogP contribution is -2.46. The Balaban J connectivity index is 1.90. The number of carboxylic acids is 1. The maximum Gasteiger partial charge on any atom is 0.320 e. The molecule has 1 aliphatic heterocycles. The van der Waals surface area contributed by atoms with E-state index in [4.69, 9.17) is 0 Å². The van der Waals surface area contributed by atoms with Crippen LogP contribution in [-0.4, -0.2) is 29.6 Å². The van der Waals surface area contributed by atoms with Gasteiger partial charge in [0.2, 0.25) is 5.91 Å². The van der Waals surface area contributed by atoms with Gasteiger partial charge in [-0.3, -0.25) is 19.8 Å². The summed E-state index contributed by atoms with van der Waals surface area (Å²) in [5.41, 5.74) is 4.01. The molecule has 0 fully saturated rings. The van der Waals surface area contributed by atoms with E-state index in [1.54, 1.807) is 4.90 Å². The monoisotopic (exact) mass is 366 g/mol. The van der Waals surface area contributed by atoms with Crippen LogP contribution in [0.3, 0.4) is 0 Å². The lowest BCUT2D eigenvalue weighted by molar-refractivity contribution is -0.140. The Morgan fingerprint density at radius 2 is 1.56 bits per heavy atom. The fourth-order valence-corrected chi connectivity index (χ4v) is 3.59. The summed E-state index contributed by atoms with van der Waals surface area (Å²) in [6.45, 7) is 3.81. The van der Waals surface area contributed by atoms with Crippen LogP contribution in [0.1, 0.15) is 31.4 Å². The van der Waals surface area contributed by atoms with Crippen molar-refractivity contribution in [2.24, 2.45) is 5.92 Å². The molecule has 5 heteroatoms. The van der Waals surface area contributed by atoms with Crippen LogP contribution in [0, 0.1) is 5.92 Å². The highest BCUT2D eigenvalue weighted by Crippen LogP contribution is 2.35. The molecule has 0 unspecified atom stereocenters. The zero-order valence-corrected chi connectivity index (χ0v) is 15.8. The van der Waals surface area contributed by atoms with Gasteiger partial charge < -0.3 is 5.11 Å². The maximum atomic E-state index is 13.2. The molecule has 2 aromatic carbocycles. The molecule has 142 valence electrons. The lowest BCUT2D eigenvalue weighted by atomic mass is 9.99. The van der Waals surface area contributed by atoms with Crippen molar-refractivity contribution in [3.05, 3.63) is 59.7 Å². The second kappa shape index (κ2) is 8.35. The fraction of sp³-hybridized carbons (Fsp3) is 0.364. The molecule has 0 aromatic heterocycles. The van der Waals surface area contributed by atoms with Crippen molar-refractivity contribution in [1.29, 1.82) is 0 Å². The molecule has 27 heavy (non-hydrogen) atoms. The molecule has 0 spiro atoms. The average molecular weight is 366 g/mol. The van der Waals surface area contributed by atoms with E-state index in [1.165, 1.54) is 0 Å². The van der Waals surface area contributed by atoms with Crippen LogP contribution in [0.5, 0.6) is 0 Å². The van der Waals surface area contributed by atoms with Gasteiger partial charge in [0.05, 0.1) is 17.9 Å². The molecule has 2 N–H and O–H groups in total. The minimum Gasteiger partial charge on any atom is -0.480 e. The number of carbonyl (C=O) groups excluding carboxylic acids is 1. The number of carbonyl (C=O) groups is 2. The van der Waals surface area contributed by atoms with Gasteiger partial charge in [-0.25, -0.2) is 0 Å².